The number of fused-ring (bicyclic) bond motifs is 1. The molecule has 1 aliphatic rings. The van der Waals surface area contributed by atoms with Gasteiger partial charge in [0.15, 0.2) is 11.5 Å². The lowest BCUT2D eigenvalue weighted by Crippen LogP contribution is -2.51. The van der Waals surface area contributed by atoms with Crippen molar-refractivity contribution in [2.24, 2.45) is 0 Å². The average Bonchev–Trinajstić information content (AvgIpc) is 2.92. The van der Waals surface area contributed by atoms with Crippen molar-refractivity contribution in [2.75, 3.05) is 33.2 Å². The summed E-state index contributed by atoms with van der Waals surface area (Å²) in [6.07, 6.45) is 0.639. The number of methoxy groups -OCH3 is 3. The number of carbonyl (C=O) groups is 2. The van der Waals surface area contributed by atoms with E-state index in [-0.39, 0.29) is 18.0 Å². The number of nitrogens with zero attached hydrogens (tertiary/aromatic N) is 1. The first kappa shape index (κ1) is 24.9. The number of hydrogen-bond donors (Lipinski definition) is 2. The summed E-state index contributed by atoms with van der Waals surface area (Å²) in [6.45, 7) is 2.14. The van der Waals surface area contributed by atoms with Crippen LogP contribution in [0.25, 0.3) is 0 Å². The van der Waals surface area contributed by atoms with Crippen molar-refractivity contribution in [3.63, 3.8) is 0 Å². The van der Waals surface area contributed by atoms with Crippen molar-refractivity contribution in [3.8, 4) is 17.2 Å². The van der Waals surface area contributed by atoms with Crippen molar-refractivity contribution in [1.29, 1.82) is 0 Å². The topological polar surface area (TPSA) is 89.1 Å². The van der Waals surface area contributed by atoms with Crippen LogP contribution in [-0.4, -0.2) is 50.8 Å². The van der Waals surface area contributed by atoms with Gasteiger partial charge < -0.3 is 29.7 Å². The number of carbonyl (C=O) groups excluding carboxylic acids is 2. The van der Waals surface area contributed by atoms with Gasteiger partial charge in [0, 0.05) is 12.2 Å². The van der Waals surface area contributed by atoms with E-state index in [1.807, 2.05) is 54.6 Å². The van der Waals surface area contributed by atoms with E-state index in [2.05, 4.69) is 10.6 Å². The Morgan fingerprint density at radius 2 is 1.58 bits per heavy atom. The molecule has 0 unspecified atom stereocenters. The average molecular weight is 490 g/mol. The molecule has 188 valence electrons. The molecule has 0 aromatic heterocycles. The second-order valence-electron chi connectivity index (χ2n) is 8.55. The predicted octanol–water partition coefficient (Wildman–Crippen LogP) is 4.40. The number of benzene rings is 3. The standard InChI is InChI=1S/C28H31N3O5/c1-18(27(32)30-21-8-6-5-7-9-21)29-28(33)31-15-14-20-16-24(35-3)25(36-4)17-23(20)26(31)19-10-12-22(34-2)13-11-19/h5-13,16-18,26H,14-15H2,1-4H3,(H,29,33)(H,30,32)/t18-,26+/m1/s1. The van der Waals surface area contributed by atoms with Crippen LogP contribution >= 0.6 is 0 Å². The molecule has 2 N–H and O–H groups in total. The van der Waals surface area contributed by atoms with E-state index >= 15 is 0 Å². The van der Waals surface area contributed by atoms with E-state index in [0.29, 0.717) is 30.2 Å². The zero-order valence-corrected chi connectivity index (χ0v) is 20.9. The number of hydrogen-bond acceptors (Lipinski definition) is 5. The molecule has 0 radical (unpaired) electrons. The van der Waals surface area contributed by atoms with Gasteiger partial charge in [-0.1, -0.05) is 30.3 Å². The molecule has 3 aromatic carbocycles. The third-order valence-corrected chi connectivity index (χ3v) is 6.34. The molecule has 0 aliphatic carbocycles. The van der Waals surface area contributed by atoms with Gasteiger partial charge in [0.25, 0.3) is 0 Å². The van der Waals surface area contributed by atoms with Gasteiger partial charge in [0.05, 0.1) is 27.4 Å². The van der Waals surface area contributed by atoms with Gasteiger partial charge in [-0.2, -0.15) is 0 Å². The summed E-state index contributed by atoms with van der Waals surface area (Å²) in [6, 6.07) is 19.2. The number of amides is 3. The van der Waals surface area contributed by atoms with Crippen LogP contribution in [0.15, 0.2) is 66.7 Å². The largest absolute Gasteiger partial charge is 0.497 e. The molecular weight excluding hydrogens is 458 g/mol. The van der Waals surface area contributed by atoms with E-state index in [4.69, 9.17) is 14.2 Å². The Morgan fingerprint density at radius 3 is 2.22 bits per heavy atom. The number of rotatable bonds is 7. The monoisotopic (exact) mass is 489 g/mol. The molecule has 2 atom stereocenters. The van der Waals surface area contributed by atoms with Crippen molar-refractivity contribution in [3.05, 3.63) is 83.4 Å². The Balaban J connectivity index is 1.63. The van der Waals surface area contributed by atoms with Crippen LogP contribution in [0.3, 0.4) is 0 Å². The second kappa shape index (κ2) is 11.0. The molecule has 0 spiro atoms. The summed E-state index contributed by atoms with van der Waals surface area (Å²) in [4.78, 5) is 28.0. The molecule has 4 rings (SSSR count). The van der Waals surface area contributed by atoms with Crippen molar-refractivity contribution in [2.45, 2.75) is 25.4 Å². The molecule has 0 bridgehead atoms. The fourth-order valence-corrected chi connectivity index (χ4v) is 4.42. The maximum Gasteiger partial charge on any atom is 0.318 e. The van der Waals surface area contributed by atoms with Gasteiger partial charge in [-0.3, -0.25) is 4.79 Å². The minimum Gasteiger partial charge on any atom is -0.497 e. The molecule has 36 heavy (non-hydrogen) atoms. The summed E-state index contributed by atoms with van der Waals surface area (Å²) < 4.78 is 16.4. The molecule has 3 amide bonds. The van der Waals surface area contributed by atoms with Crippen LogP contribution < -0.4 is 24.8 Å². The fraction of sp³-hybridized carbons (Fsp3) is 0.286. The smallest absolute Gasteiger partial charge is 0.318 e. The lowest BCUT2D eigenvalue weighted by Gasteiger charge is -2.38. The molecule has 0 fully saturated rings. The Bertz CT molecular complexity index is 1210. The van der Waals surface area contributed by atoms with Crippen LogP contribution in [0.1, 0.15) is 29.7 Å². The number of urea groups is 1. The van der Waals surface area contributed by atoms with Crippen LogP contribution in [-0.2, 0) is 11.2 Å². The Labute approximate surface area is 211 Å². The van der Waals surface area contributed by atoms with Crippen molar-refractivity contribution < 1.29 is 23.8 Å². The number of nitrogens with one attached hydrogen (secondary N) is 2. The van der Waals surface area contributed by atoms with E-state index in [0.717, 1.165) is 22.4 Å². The van der Waals surface area contributed by atoms with Gasteiger partial charge in [-0.25, -0.2) is 4.79 Å². The van der Waals surface area contributed by atoms with Crippen LogP contribution in [0.5, 0.6) is 17.2 Å². The zero-order chi connectivity index (χ0) is 25.7. The molecule has 0 saturated heterocycles. The lowest BCUT2D eigenvalue weighted by atomic mass is 9.87. The first-order valence-electron chi connectivity index (χ1n) is 11.8. The van der Waals surface area contributed by atoms with E-state index in [1.54, 1.807) is 45.3 Å². The van der Waals surface area contributed by atoms with Gasteiger partial charge in [-0.05, 0) is 66.4 Å². The highest BCUT2D eigenvalue weighted by Crippen LogP contribution is 2.41. The highest BCUT2D eigenvalue weighted by atomic mass is 16.5. The molecule has 8 heteroatoms. The number of para-hydroxylation sites is 1. The minimum absolute atomic E-state index is 0.292. The molecule has 0 saturated carbocycles. The molecule has 3 aromatic rings. The SMILES string of the molecule is COc1ccc([C@H]2c3cc(OC)c(OC)cc3CCN2C(=O)N[C@H](C)C(=O)Nc2ccccc2)cc1. The zero-order valence-electron chi connectivity index (χ0n) is 20.9. The van der Waals surface area contributed by atoms with Gasteiger partial charge in [0.1, 0.15) is 11.8 Å². The lowest BCUT2D eigenvalue weighted by molar-refractivity contribution is -0.117. The summed E-state index contributed by atoms with van der Waals surface area (Å²) in [7, 11) is 4.81. The van der Waals surface area contributed by atoms with Crippen LogP contribution in [0.2, 0.25) is 0 Å². The maximum absolute atomic E-state index is 13.5. The minimum atomic E-state index is -0.735. The van der Waals surface area contributed by atoms with E-state index in [9.17, 15) is 9.59 Å². The van der Waals surface area contributed by atoms with Crippen molar-refractivity contribution in [1.82, 2.24) is 10.2 Å². The number of anilines is 1. The predicted molar refractivity (Wildman–Crippen MR) is 138 cm³/mol. The second-order valence-corrected chi connectivity index (χ2v) is 8.55. The third-order valence-electron chi connectivity index (χ3n) is 6.34. The summed E-state index contributed by atoms with van der Waals surface area (Å²) >= 11 is 0. The van der Waals surface area contributed by atoms with Crippen molar-refractivity contribution >= 4 is 17.6 Å². The van der Waals surface area contributed by atoms with Crippen LogP contribution in [0, 0.1) is 0 Å². The summed E-state index contributed by atoms with van der Waals surface area (Å²) in [5.41, 5.74) is 3.61. The molecular formula is C28H31N3O5. The Morgan fingerprint density at radius 1 is 0.917 bits per heavy atom. The first-order valence-corrected chi connectivity index (χ1v) is 11.8. The van der Waals surface area contributed by atoms with Gasteiger partial charge in [-0.15, -0.1) is 0 Å². The highest BCUT2D eigenvalue weighted by Gasteiger charge is 2.34. The third kappa shape index (κ3) is 5.22. The quantitative estimate of drug-likeness (QED) is 0.514. The normalized spacial score (nSPS) is 15.3. The highest BCUT2D eigenvalue weighted by molar-refractivity contribution is 5.96. The molecule has 1 heterocycles. The Hall–Kier alpha value is -4.20. The van der Waals surface area contributed by atoms with E-state index < -0.39 is 6.04 Å². The first-order chi connectivity index (χ1) is 17.4. The maximum atomic E-state index is 13.5. The molecule has 1 aliphatic heterocycles. The van der Waals surface area contributed by atoms with Crippen LogP contribution in [0.4, 0.5) is 10.5 Å². The van der Waals surface area contributed by atoms with Gasteiger partial charge >= 0.3 is 6.03 Å². The summed E-state index contributed by atoms with van der Waals surface area (Å²) in [5, 5.41) is 5.70. The molecule has 8 nitrogen and oxygen atoms in total. The fourth-order valence-electron chi connectivity index (χ4n) is 4.42. The van der Waals surface area contributed by atoms with Gasteiger partial charge in [0.2, 0.25) is 5.91 Å². The summed E-state index contributed by atoms with van der Waals surface area (Å²) in [5.74, 6) is 1.67. The van der Waals surface area contributed by atoms with E-state index in [1.165, 1.54) is 0 Å². The Kier molecular flexibility index (Phi) is 7.63. The number of ether oxygens (including phenoxy) is 3.